The van der Waals surface area contributed by atoms with Gasteiger partial charge in [-0.1, -0.05) is 17.4 Å². The molecule has 3 N–H and O–H groups in total. The Labute approximate surface area is 165 Å². The zero-order valence-corrected chi connectivity index (χ0v) is 16.6. The number of nitrogens with zero attached hydrogens (tertiary/aromatic N) is 1. The number of carbonyl (C=O) groups excluding carboxylic acids is 2. The van der Waals surface area contributed by atoms with Crippen LogP contribution in [0.3, 0.4) is 0 Å². The second-order valence-electron chi connectivity index (χ2n) is 6.50. The van der Waals surface area contributed by atoms with Crippen molar-refractivity contribution in [3.8, 4) is 0 Å². The number of fused-ring (bicyclic) bond motifs is 2. The van der Waals surface area contributed by atoms with Crippen molar-refractivity contribution in [1.29, 1.82) is 0 Å². The summed E-state index contributed by atoms with van der Waals surface area (Å²) >= 11 is 1.24. The topological polar surface area (TPSA) is 117 Å². The standard InChI is InChI=1S/C18H16N4O4S2/c1-9-3-5-13-15(7-9)27-18(21-13)22-28(25,26)11-4-6-12-14(8-11)20-17(24)10(2)16(23)19-12/h3-8,10H,1-2H3,(H,19,23)(H,20,24)(H,21,22). The molecule has 2 aromatic carbocycles. The predicted octanol–water partition coefficient (Wildman–Crippen LogP) is 2.93. The van der Waals surface area contributed by atoms with Crippen LogP contribution in [-0.4, -0.2) is 25.2 Å². The van der Waals surface area contributed by atoms with Crippen LogP contribution in [0, 0.1) is 12.8 Å². The van der Waals surface area contributed by atoms with Gasteiger partial charge in [0.1, 0.15) is 5.92 Å². The number of benzene rings is 2. The minimum Gasteiger partial charge on any atom is -0.324 e. The minimum atomic E-state index is -3.93. The van der Waals surface area contributed by atoms with Gasteiger partial charge in [0.15, 0.2) is 5.13 Å². The maximum Gasteiger partial charge on any atom is 0.263 e. The van der Waals surface area contributed by atoms with Crippen molar-refractivity contribution in [1.82, 2.24) is 4.98 Å². The lowest BCUT2D eigenvalue weighted by Gasteiger charge is -2.10. The van der Waals surface area contributed by atoms with Gasteiger partial charge in [-0.05, 0) is 49.7 Å². The molecule has 1 unspecified atom stereocenters. The monoisotopic (exact) mass is 416 g/mol. The number of sulfonamides is 1. The molecule has 2 heterocycles. The van der Waals surface area contributed by atoms with Crippen LogP contribution in [-0.2, 0) is 19.6 Å². The number of rotatable bonds is 3. The molecule has 0 aliphatic carbocycles. The molecule has 2 amide bonds. The average Bonchev–Trinajstić information content (AvgIpc) is 2.97. The highest BCUT2D eigenvalue weighted by molar-refractivity contribution is 7.93. The van der Waals surface area contributed by atoms with Gasteiger partial charge in [0.25, 0.3) is 10.0 Å². The van der Waals surface area contributed by atoms with E-state index in [1.165, 1.54) is 36.5 Å². The Bertz CT molecular complexity index is 1230. The Kier molecular flexibility index (Phi) is 4.31. The van der Waals surface area contributed by atoms with Gasteiger partial charge in [-0.15, -0.1) is 0 Å². The van der Waals surface area contributed by atoms with E-state index in [-0.39, 0.29) is 15.7 Å². The smallest absolute Gasteiger partial charge is 0.263 e. The maximum absolute atomic E-state index is 12.8. The van der Waals surface area contributed by atoms with Gasteiger partial charge in [0.2, 0.25) is 11.8 Å². The lowest BCUT2D eigenvalue weighted by molar-refractivity contribution is -0.128. The van der Waals surface area contributed by atoms with Gasteiger partial charge >= 0.3 is 0 Å². The van der Waals surface area contributed by atoms with E-state index in [9.17, 15) is 18.0 Å². The van der Waals surface area contributed by atoms with Crippen molar-refractivity contribution in [3.05, 3.63) is 42.0 Å². The first kappa shape index (κ1) is 18.4. The van der Waals surface area contributed by atoms with E-state index in [0.717, 1.165) is 10.3 Å². The van der Waals surface area contributed by atoms with E-state index in [4.69, 9.17) is 0 Å². The third kappa shape index (κ3) is 3.32. The van der Waals surface area contributed by atoms with Crippen LogP contribution >= 0.6 is 11.3 Å². The van der Waals surface area contributed by atoms with Crippen molar-refractivity contribution < 1.29 is 18.0 Å². The quantitative estimate of drug-likeness (QED) is 0.568. The molecular weight excluding hydrogens is 400 g/mol. The Morgan fingerprint density at radius 2 is 1.75 bits per heavy atom. The Hall–Kier alpha value is -2.98. The molecule has 1 atom stereocenters. The lowest BCUT2D eigenvalue weighted by Crippen LogP contribution is -2.28. The fourth-order valence-corrected chi connectivity index (χ4v) is 4.98. The van der Waals surface area contributed by atoms with Crippen molar-refractivity contribution in [2.45, 2.75) is 18.7 Å². The molecule has 1 aliphatic heterocycles. The van der Waals surface area contributed by atoms with Gasteiger partial charge < -0.3 is 10.6 Å². The lowest BCUT2D eigenvalue weighted by atomic mass is 10.1. The minimum absolute atomic E-state index is 0.0502. The molecule has 0 radical (unpaired) electrons. The molecule has 10 heteroatoms. The first-order valence-electron chi connectivity index (χ1n) is 8.39. The Balaban J connectivity index is 1.67. The number of thiazole rings is 1. The molecule has 0 saturated heterocycles. The third-order valence-corrected chi connectivity index (χ3v) is 6.77. The summed E-state index contributed by atoms with van der Waals surface area (Å²) in [5.41, 5.74) is 2.34. The molecule has 0 fully saturated rings. The van der Waals surface area contributed by atoms with Gasteiger partial charge in [0, 0.05) is 0 Å². The molecule has 0 bridgehead atoms. The molecule has 3 aromatic rings. The van der Waals surface area contributed by atoms with E-state index in [1.807, 2.05) is 25.1 Å². The van der Waals surface area contributed by atoms with Gasteiger partial charge in [0.05, 0.1) is 26.5 Å². The number of hydrogen-bond donors (Lipinski definition) is 3. The normalized spacial score (nSPS) is 16.9. The van der Waals surface area contributed by atoms with Gasteiger partial charge in [-0.3, -0.25) is 14.3 Å². The van der Waals surface area contributed by atoms with E-state index in [0.29, 0.717) is 11.2 Å². The highest BCUT2D eigenvalue weighted by atomic mass is 32.2. The largest absolute Gasteiger partial charge is 0.324 e. The Morgan fingerprint density at radius 3 is 2.50 bits per heavy atom. The number of carbonyl (C=O) groups is 2. The molecule has 8 nitrogen and oxygen atoms in total. The second-order valence-corrected chi connectivity index (χ2v) is 9.22. The number of anilines is 3. The summed E-state index contributed by atoms with van der Waals surface area (Å²) in [6.07, 6.45) is 0. The molecule has 4 rings (SSSR count). The van der Waals surface area contributed by atoms with Crippen LogP contribution in [0.15, 0.2) is 41.3 Å². The number of hydrogen-bond acceptors (Lipinski definition) is 6. The summed E-state index contributed by atoms with van der Waals surface area (Å²) in [6.45, 7) is 3.43. The van der Waals surface area contributed by atoms with Gasteiger partial charge in [-0.2, -0.15) is 0 Å². The second kappa shape index (κ2) is 6.57. The number of amides is 2. The average molecular weight is 416 g/mol. The molecule has 1 aromatic heterocycles. The van der Waals surface area contributed by atoms with Crippen LogP contribution in [0.4, 0.5) is 16.5 Å². The van der Waals surface area contributed by atoms with Crippen molar-refractivity contribution in [3.63, 3.8) is 0 Å². The molecule has 144 valence electrons. The van der Waals surface area contributed by atoms with Crippen LogP contribution < -0.4 is 15.4 Å². The zero-order chi connectivity index (χ0) is 20.1. The summed E-state index contributed by atoms with van der Waals surface area (Å²) in [5.74, 6) is -1.83. The first-order valence-corrected chi connectivity index (χ1v) is 10.7. The van der Waals surface area contributed by atoms with E-state index in [2.05, 4.69) is 20.3 Å². The van der Waals surface area contributed by atoms with Crippen molar-refractivity contribution in [2.24, 2.45) is 5.92 Å². The van der Waals surface area contributed by atoms with Crippen LogP contribution in [0.5, 0.6) is 0 Å². The Morgan fingerprint density at radius 1 is 1.04 bits per heavy atom. The van der Waals surface area contributed by atoms with Crippen LogP contribution in [0.1, 0.15) is 12.5 Å². The summed E-state index contributed by atoms with van der Waals surface area (Å²) in [7, 11) is -3.93. The number of nitrogens with one attached hydrogen (secondary N) is 3. The molecule has 0 saturated carbocycles. The molecule has 28 heavy (non-hydrogen) atoms. The van der Waals surface area contributed by atoms with E-state index in [1.54, 1.807) is 0 Å². The maximum atomic E-state index is 12.8. The highest BCUT2D eigenvalue weighted by Gasteiger charge is 2.28. The third-order valence-electron chi connectivity index (χ3n) is 4.37. The zero-order valence-electron chi connectivity index (χ0n) is 14.9. The fraction of sp³-hybridized carbons (Fsp3) is 0.167. The van der Waals surface area contributed by atoms with Crippen molar-refractivity contribution >= 4 is 59.9 Å². The van der Waals surface area contributed by atoms with E-state index >= 15 is 0 Å². The number of aryl methyl sites for hydroxylation is 1. The highest BCUT2D eigenvalue weighted by Crippen LogP contribution is 2.31. The summed E-state index contributed by atoms with van der Waals surface area (Å²) in [4.78, 5) is 28.2. The molecule has 0 spiro atoms. The van der Waals surface area contributed by atoms with Crippen molar-refractivity contribution in [2.75, 3.05) is 15.4 Å². The number of aromatic nitrogens is 1. The summed E-state index contributed by atoms with van der Waals surface area (Å²) < 4.78 is 28.9. The SMILES string of the molecule is Cc1ccc2nc(NS(=O)(=O)c3ccc4c(c3)NC(=O)C(C)C(=O)N4)sc2c1. The molecule has 1 aliphatic rings. The summed E-state index contributed by atoms with van der Waals surface area (Å²) in [5, 5.41) is 5.44. The molecular formula is C18H16N4O4S2. The first-order chi connectivity index (χ1) is 13.2. The predicted molar refractivity (Wildman–Crippen MR) is 108 cm³/mol. The fourth-order valence-electron chi connectivity index (χ4n) is 2.75. The van der Waals surface area contributed by atoms with Gasteiger partial charge in [-0.25, -0.2) is 13.4 Å². The summed E-state index contributed by atoms with van der Waals surface area (Å²) in [6, 6.07) is 9.80. The van der Waals surface area contributed by atoms with Crippen LogP contribution in [0.2, 0.25) is 0 Å². The van der Waals surface area contributed by atoms with E-state index < -0.39 is 27.8 Å². The van der Waals surface area contributed by atoms with Crippen LogP contribution in [0.25, 0.3) is 10.2 Å².